The Balaban J connectivity index is 1.50. The quantitative estimate of drug-likeness (QED) is 0.494. The lowest BCUT2D eigenvalue weighted by Crippen LogP contribution is -2.16. The zero-order valence-electron chi connectivity index (χ0n) is 16.9. The van der Waals surface area contributed by atoms with Crippen molar-refractivity contribution in [1.82, 2.24) is 14.5 Å². The number of aryl methyl sites for hydroxylation is 2. The van der Waals surface area contributed by atoms with Gasteiger partial charge in [-0.2, -0.15) is 4.39 Å². The fraction of sp³-hybridized carbons (Fsp3) is 0.250. The van der Waals surface area contributed by atoms with E-state index >= 15 is 4.39 Å². The molecule has 0 amide bonds. The van der Waals surface area contributed by atoms with E-state index in [1.54, 1.807) is 0 Å². The SMILES string of the molecule is Nc1ncnc2c1c(-c1ccc(F)c(O)c1)c(F)n2CCC1CCc2ccccc2C1. The summed E-state index contributed by atoms with van der Waals surface area (Å²) in [6.45, 7) is 0.443. The number of halogens is 2. The van der Waals surface area contributed by atoms with Crippen molar-refractivity contribution in [3.63, 3.8) is 0 Å². The first kappa shape index (κ1) is 19.5. The molecule has 0 saturated carbocycles. The highest BCUT2D eigenvalue weighted by Gasteiger charge is 2.24. The molecule has 0 radical (unpaired) electrons. The Hall–Kier alpha value is -3.48. The van der Waals surface area contributed by atoms with E-state index in [4.69, 9.17) is 5.73 Å². The number of aromatic nitrogens is 3. The van der Waals surface area contributed by atoms with Crippen LogP contribution >= 0.6 is 0 Å². The summed E-state index contributed by atoms with van der Waals surface area (Å²) in [6, 6.07) is 12.2. The zero-order valence-corrected chi connectivity index (χ0v) is 16.9. The third kappa shape index (κ3) is 3.40. The Morgan fingerprint density at radius 3 is 2.71 bits per heavy atom. The van der Waals surface area contributed by atoms with Crippen LogP contribution in [0.25, 0.3) is 22.2 Å². The van der Waals surface area contributed by atoms with Crippen LogP contribution in [0.1, 0.15) is 24.0 Å². The third-order valence-electron chi connectivity index (χ3n) is 6.25. The number of fused-ring (bicyclic) bond motifs is 2. The van der Waals surface area contributed by atoms with Gasteiger partial charge in [0.25, 0.3) is 0 Å². The number of nitrogens with zero attached hydrogens (tertiary/aromatic N) is 3. The molecule has 0 fully saturated rings. The molecule has 158 valence electrons. The van der Waals surface area contributed by atoms with Crippen LogP contribution in [0.2, 0.25) is 0 Å². The van der Waals surface area contributed by atoms with Crippen molar-refractivity contribution in [2.45, 2.75) is 32.2 Å². The summed E-state index contributed by atoms with van der Waals surface area (Å²) in [7, 11) is 0. The van der Waals surface area contributed by atoms with Gasteiger partial charge in [-0.3, -0.25) is 0 Å². The van der Waals surface area contributed by atoms with E-state index in [-0.39, 0.29) is 11.4 Å². The summed E-state index contributed by atoms with van der Waals surface area (Å²) in [4.78, 5) is 8.30. The van der Waals surface area contributed by atoms with Crippen molar-refractivity contribution in [2.24, 2.45) is 5.92 Å². The van der Waals surface area contributed by atoms with E-state index < -0.39 is 17.5 Å². The zero-order chi connectivity index (χ0) is 21.5. The number of nitrogens with two attached hydrogens (primary N) is 1. The molecule has 1 aliphatic rings. The van der Waals surface area contributed by atoms with Gasteiger partial charge >= 0.3 is 0 Å². The van der Waals surface area contributed by atoms with Crippen LogP contribution in [0.4, 0.5) is 14.6 Å². The summed E-state index contributed by atoms with van der Waals surface area (Å²) in [5, 5.41) is 10.2. The van der Waals surface area contributed by atoms with Gasteiger partial charge in [-0.25, -0.2) is 14.4 Å². The first-order valence-corrected chi connectivity index (χ1v) is 10.4. The average molecular weight is 420 g/mol. The molecular weight excluding hydrogens is 398 g/mol. The fourth-order valence-electron chi connectivity index (χ4n) is 4.63. The minimum atomic E-state index is -0.769. The molecule has 2 aromatic carbocycles. The first-order valence-electron chi connectivity index (χ1n) is 10.4. The summed E-state index contributed by atoms with van der Waals surface area (Å²) < 4.78 is 30.7. The summed E-state index contributed by atoms with van der Waals surface area (Å²) in [6.07, 6.45) is 5.19. The van der Waals surface area contributed by atoms with Gasteiger partial charge in [0, 0.05) is 12.1 Å². The number of nitrogen functional groups attached to an aromatic ring is 1. The number of anilines is 1. The van der Waals surface area contributed by atoms with Crippen molar-refractivity contribution >= 4 is 16.9 Å². The predicted molar refractivity (Wildman–Crippen MR) is 116 cm³/mol. The van der Waals surface area contributed by atoms with E-state index in [1.165, 1.54) is 34.2 Å². The van der Waals surface area contributed by atoms with E-state index in [2.05, 4.69) is 34.2 Å². The van der Waals surface area contributed by atoms with Crippen LogP contribution in [0.15, 0.2) is 48.8 Å². The summed E-state index contributed by atoms with van der Waals surface area (Å²) in [5.74, 6) is -1.23. The maximum atomic E-state index is 15.6. The van der Waals surface area contributed by atoms with Gasteiger partial charge in [0.05, 0.1) is 5.39 Å². The number of benzene rings is 2. The van der Waals surface area contributed by atoms with Gasteiger partial charge in [0.1, 0.15) is 17.8 Å². The average Bonchev–Trinajstić information content (AvgIpc) is 3.06. The lowest BCUT2D eigenvalue weighted by atomic mass is 9.82. The Morgan fingerprint density at radius 1 is 1.10 bits per heavy atom. The second-order valence-corrected chi connectivity index (χ2v) is 8.11. The first-order chi connectivity index (χ1) is 15.0. The van der Waals surface area contributed by atoms with Crippen molar-refractivity contribution in [1.29, 1.82) is 0 Å². The predicted octanol–water partition coefficient (Wildman–Crippen LogP) is 4.86. The molecule has 0 aliphatic heterocycles. The Morgan fingerprint density at radius 2 is 1.90 bits per heavy atom. The number of rotatable bonds is 4. The van der Waals surface area contributed by atoms with Gasteiger partial charge in [-0.05, 0) is 60.4 Å². The largest absolute Gasteiger partial charge is 0.505 e. The molecule has 31 heavy (non-hydrogen) atoms. The van der Waals surface area contributed by atoms with Crippen LogP contribution in [0.3, 0.4) is 0 Å². The smallest absolute Gasteiger partial charge is 0.204 e. The van der Waals surface area contributed by atoms with Crippen molar-refractivity contribution in [2.75, 3.05) is 5.73 Å². The van der Waals surface area contributed by atoms with Crippen LogP contribution < -0.4 is 5.73 Å². The van der Waals surface area contributed by atoms with Gasteiger partial charge in [0.15, 0.2) is 11.6 Å². The molecule has 3 N–H and O–H groups in total. The molecule has 1 aliphatic carbocycles. The molecule has 5 nitrogen and oxygen atoms in total. The number of phenolic OH excluding ortho intramolecular Hbond substituents is 1. The molecule has 0 bridgehead atoms. The van der Waals surface area contributed by atoms with Gasteiger partial charge in [-0.15, -0.1) is 0 Å². The van der Waals surface area contributed by atoms with Crippen LogP contribution in [-0.4, -0.2) is 19.6 Å². The molecule has 1 atom stereocenters. The highest BCUT2D eigenvalue weighted by molar-refractivity contribution is 6.01. The number of hydrogen-bond acceptors (Lipinski definition) is 4. The summed E-state index contributed by atoms with van der Waals surface area (Å²) >= 11 is 0. The monoisotopic (exact) mass is 420 g/mol. The van der Waals surface area contributed by atoms with Crippen molar-refractivity contribution < 1.29 is 13.9 Å². The molecule has 1 unspecified atom stereocenters. The number of aromatic hydroxyl groups is 1. The molecule has 4 aromatic rings. The van der Waals surface area contributed by atoms with E-state index in [0.29, 0.717) is 29.1 Å². The fourth-order valence-corrected chi connectivity index (χ4v) is 4.63. The molecule has 7 heteroatoms. The normalized spacial score (nSPS) is 15.9. The minimum absolute atomic E-state index is 0.146. The van der Waals surface area contributed by atoms with E-state index in [0.717, 1.165) is 31.7 Å². The van der Waals surface area contributed by atoms with Gasteiger partial charge in [0.2, 0.25) is 5.95 Å². The second-order valence-electron chi connectivity index (χ2n) is 8.11. The lowest BCUT2D eigenvalue weighted by molar-refractivity contribution is 0.383. The Bertz CT molecular complexity index is 1280. The molecular formula is C24H22F2N4O. The minimum Gasteiger partial charge on any atom is -0.505 e. The van der Waals surface area contributed by atoms with Gasteiger partial charge < -0.3 is 15.4 Å². The molecule has 2 heterocycles. The topological polar surface area (TPSA) is 77.0 Å². The van der Waals surface area contributed by atoms with Crippen LogP contribution in [0, 0.1) is 17.7 Å². The van der Waals surface area contributed by atoms with Crippen molar-refractivity contribution in [3.8, 4) is 16.9 Å². The summed E-state index contributed by atoms with van der Waals surface area (Å²) in [5.41, 5.74) is 9.74. The van der Waals surface area contributed by atoms with Crippen molar-refractivity contribution in [3.05, 3.63) is 71.7 Å². The molecule has 2 aromatic heterocycles. The second kappa shape index (κ2) is 7.65. The number of hydrogen-bond donors (Lipinski definition) is 2. The highest BCUT2D eigenvalue weighted by atomic mass is 19.1. The van der Waals surface area contributed by atoms with E-state index in [9.17, 15) is 9.50 Å². The molecule has 0 saturated heterocycles. The maximum Gasteiger partial charge on any atom is 0.204 e. The number of phenols is 1. The Labute approximate surface area is 178 Å². The maximum absolute atomic E-state index is 15.6. The molecule has 0 spiro atoms. The van der Waals surface area contributed by atoms with Crippen LogP contribution in [-0.2, 0) is 19.4 Å². The third-order valence-corrected chi connectivity index (χ3v) is 6.25. The van der Waals surface area contributed by atoms with Gasteiger partial charge in [-0.1, -0.05) is 30.3 Å². The highest BCUT2D eigenvalue weighted by Crippen LogP contribution is 2.38. The lowest BCUT2D eigenvalue weighted by Gasteiger charge is -2.24. The standard InChI is InChI=1S/C24H22F2N4O/c25-18-8-7-17(12-19(18)31)20-21-23(27)28-13-29-24(21)30(22(20)26)10-9-14-5-6-15-3-1-2-4-16(15)11-14/h1-4,7-8,12-14,31H,5-6,9-11H2,(H2,27,28,29). The molecule has 5 rings (SSSR count). The Kier molecular flexibility index (Phi) is 4.81. The van der Waals surface area contributed by atoms with E-state index in [1.807, 2.05) is 0 Å². The van der Waals surface area contributed by atoms with Crippen LogP contribution in [0.5, 0.6) is 5.75 Å².